The molecule has 2 atom stereocenters. The Bertz CT molecular complexity index is 223. The zero-order chi connectivity index (χ0) is 13.3. The van der Waals surface area contributed by atoms with Crippen molar-refractivity contribution in [1.29, 1.82) is 0 Å². The first-order valence-corrected chi connectivity index (χ1v) is 6.05. The minimum atomic E-state index is -0.809. The summed E-state index contributed by atoms with van der Waals surface area (Å²) in [6.07, 6.45) is -0.0444. The molecule has 0 saturated heterocycles. The molecule has 5 nitrogen and oxygen atoms in total. The van der Waals surface area contributed by atoms with Crippen LogP contribution in [-0.2, 0) is 19.0 Å². The molecule has 0 fully saturated rings. The van der Waals surface area contributed by atoms with E-state index in [-0.39, 0.29) is 18.7 Å². The van der Waals surface area contributed by atoms with Gasteiger partial charge in [0.2, 0.25) is 0 Å². The van der Waals surface area contributed by atoms with E-state index in [0.29, 0.717) is 19.8 Å². The van der Waals surface area contributed by atoms with Crippen LogP contribution >= 0.6 is 0 Å². The van der Waals surface area contributed by atoms with E-state index in [0.717, 1.165) is 0 Å². The third kappa shape index (κ3) is 6.00. The Morgan fingerprint density at radius 2 is 2.00 bits per heavy atom. The van der Waals surface area contributed by atoms with Gasteiger partial charge in [0.05, 0.1) is 25.9 Å². The fourth-order valence-electron chi connectivity index (χ4n) is 1.16. The van der Waals surface area contributed by atoms with Crippen LogP contribution in [0.1, 0.15) is 27.7 Å². The first kappa shape index (κ1) is 16.4. The zero-order valence-electron chi connectivity index (χ0n) is 11.5. The highest BCUT2D eigenvalue weighted by Crippen LogP contribution is 2.08. The van der Waals surface area contributed by atoms with Crippen LogP contribution in [0, 0.1) is 0 Å². The Labute approximate surface area is 104 Å². The lowest BCUT2D eigenvalue weighted by molar-refractivity contribution is -0.154. The highest BCUT2D eigenvalue weighted by atomic mass is 16.5. The van der Waals surface area contributed by atoms with Crippen molar-refractivity contribution >= 4 is 5.97 Å². The van der Waals surface area contributed by atoms with Gasteiger partial charge in [-0.3, -0.25) is 0 Å². The van der Waals surface area contributed by atoms with Gasteiger partial charge in [0, 0.05) is 6.61 Å². The van der Waals surface area contributed by atoms with Crippen molar-refractivity contribution < 1.29 is 19.0 Å². The van der Waals surface area contributed by atoms with E-state index in [1.807, 2.05) is 13.8 Å². The Morgan fingerprint density at radius 3 is 2.47 bits per heavy atom. The monoisotopic (exact) mass is 247 g/mol. The number of ether oxygens (including phenoxy) is 3. The molecular weight excluding hydrogens is 222 g/mol. The molecule has 17 heavy (non-hydrogen) atoms. The summed E-state index contributed by atoms with van der Waals surface area (Å²) >= 11 is 0. The fourth-order valence-corrected chi connectivity index (χ4v) is 1.16. The van der Waals surface area contributed by atoms with Crippen molar-refractivity contribution in [3.63, 3.8) is 0 Å². The van der Waals surface area contributed by atoms with Gasteiger partial charge in [-0.15, -0.1) is 0 Å². The third-order valence-electron chi connectivity index (χ3n) is 2.49. The van der Waals surface area contributed by atoms with Gasteiger partial charge in [-0.2, -0.15) is 0 Å². The van der Waals surface area contributed by atoms with E-state index in [9.17, 15) is 4.79 Å². The minimum absolute atomic E-state index is 0.0444. The topological polar surface area (TPSA) is 56.8 Å². The number of esters is 1. The third-order valence-corrected chi connectivity index (χ3v) is 2.49. The summed E-state index contributed by atoms with van der Waals surface area (Å²) in [7, 11) is 1.72. The summed E-state index contributed by atoms with van der Waals surface area (Å²) in [5.74, 6) is -0.300. The smallest absolute Gasteiger partial charge is 0.328 e. The highest BCUT2D eigenvalue weighted by Gasteiger charge is 2.33. The SMILES string of the molecule is CCOCC(C)OCC(C)(NC)C(=O)OCC. The summed E-state index contributed by atoms with van der Waals surface area (Å²) in [4.78, 5) is 11.7. The van der Waals surface area contributed by atoms with Crippen LogP contribution in [0.4, 0.5) is 0 Å². The molecule has 0 aliphatic rings. The van der Waals surface area contributed by atoms with Crippen molar-refractivity contribution in [2.45, 2.75) is 39.3 Å². The zero-order valence-corrected chi connectivity index (χ0v) is 11.5. The molecule has 5 heteroatoms. The molecule has 0 aromatic carbocycles. The van der Waals surface area contributed by atoms with Crippen molar-refractivity contribution in [2.75, 3.05) is 33.5 Å². The number of carbonyl (C=O) groups excluding carboxylic acids is 1. The fraction of sp³-hybridized carbons (Fsp3) is 0.917. The molecule has 0 amide bonds. The molecule has 0 saturated carbocycles. The van der Waals surface area contributed by atoms with E-state index in [1.165, 1.54) is 0 Å². The van der Waals surface area contributed by atoms with Crippen LogP contribution in [0.2, 0.25) is 0 Å². The molecule has 0 spiro atoms. The van der Waals surface area contributed by atoms with Gasteiger partial charge in [0.25, 0.3) is 0 Å². The van der Waals surface area contributed by atoms with E-state index in [2.05, 4.69) is 5.32 Å². The van der Waals surface area contributed by atoms with Gasteiger partial charge in [-0.1, -0.05) is 0 Å². The number of hydrogen-bond donors (Lipinski definition) is 1. The number of likely N-dealkylation sites (N-methyl/N-ethyl adjacent to an activating group) is 1. The molecule has 0 heterocycles. The largest absolute Gasteiger partial charge is 0.465 e. The molecule has 0 bridgehead atoms. The second-order valence-electron chi connectivity index (χ2n) is 4.08. The Morgan fingerprint density at radius 1 is 1.35 bits per heavy atom. The predicted octanol–water partition coefficient (Wildman–Crippen LogP) is 0.969. The quantitative estimate of drug-likeness (QED) is 0.615. The van der Waals surface area contributed by atoms with Crippen LogP contribution in [-0.4, -0.2) is 51.1 Å². The molecular formula is C12H25NO4. The summed E-state index contributed by atoms with van der Waals surface area (Å²) in [5, 5.41) is 2.93. The lowest BCUT2D eigenvalue weighted by Gasteiger charge is -2.28. The van der Waals surface area contributed by atoms with Gasteiger partial charge in [0.15, 0.2) is 0 Å². The van der Waals surface area contributed by atoms with Crippen LogP contribution < -0.4 is 5.32 Å². The average molecular weight is 247 g/mol. The van der Waals surface area contributed by atoms with Gasteiger partial charge in [-0.25, -0.2) is 4.79 Å². The molecule has 0 aromatic rings. The van der Waals surface area contributed by atoms with Crippen LogP contribution in [0.15, 0.2) is 0 Å². The Balaban J connectivity index is 4.15. The van der Waals surface area contributed by atoms with Gasteiger partial charge in [-0.05, 0) is 34.7 Å². The minimum Gasteiger partial charge on any atom is -0.465 e. The van der Waals surface area contributed by atoms with E-state index in [4.69, 9.17) is 14.2 Å². The normalized spacial score (nSPS) is 16.3. The second kappa shape index (κ2) is 8.44. The average Bonchev–Trinajstić information content (AvgIpc) is 2.33. The number of rotatable bonds is 9. The lowest BCUT2D eigenvalue weighted by Crippen LogP contribution is -2.53. The summed E-state index contributed by atoms with van der Waals surface area (Å²) in [6.45, 7) is 9.21. The van der Waals surface area contributed by atoms with Gasteiger partial charge >= 0.3 is 5.97 Å². The lowest BCUT2D eigenvalue weighted by atomic mass is 10.1. The molecule has 0 rings (SSSR count). The maximum absolute atomic E-state index is 11.7. The van der Waals surface area contributed by atoms with Crippen LogP contribution in [0.25, 0.3) is 0 Å². The molecule has 2 unspecified atom stereocenters. The predicted molar refractivity (Wildman–Crippen MR) is 66.0 cm³/mol. The van der Waals surface area contributed by atoms with Crippen LogP contribution in [0.3, 0.4) is 0 Å². The number of hydrogen-bond acceptors (Lipinski definition) is 5. The standard InChI is InChI=1S/C12H25NO4/c1-6-15-8-10(3)17-9-12(4,13-5)11(14)16-7-2/h10,13H,6-9H2,1-5H3. The molecule has 0 radical (unpaired) electrons. The number of carbonyl (C=O) groups is 1. The summed E-state index contributed by atoms with van der Waals surface area (Å²) < 4.78 is 15.8. The summed E-state index contributed by atoms with van der Waals surface area (Å²) in [5.41, 5.74) is -0.809. The molecule has 1 N–H and O–H groups in total. The van der Waals surface area contributed by atoms with Gasteiger partial charge in [0.1, 0.15) is 5.54 Å². The maximum atomic E-state index is 11.7. The first-order chi connectivity index (χ1) is 8.00. The number of nitrogens with one attached hydrogen (secondary N) is 1. The van der Waals surface area contributed by atoms with Crippen molar-refractivity contribution in [3.8, 4) is 0 Å². The van der Waals surface area contributed by atoms with Crippen molar-refractivity contribution in [3.05, 3.63) is 0 Å². The van der Waals surface area contributed by atoms with Crippen LogP contribution in [0.5, 0.6) is 0 Å². The molecule has 102 valence electrons. The van der Waals surface area contributed by atoms with Crippen molar-refractivity contribution in [1.82, 2.24) is 5.32 Å². The Hall–Kier alpha value is -0.650. The first-order valence-electron chi connectivity index (χ1n) is 6.05. The van der Waals surface area contributed by atoms with E-state index in [1.54, 1.807) is 20.9 Å². The molecule has 0 aliphatic heterocycles. The van der Waals surface area contributed by atoms with E-state index >= 15 is 0 Å². The van der Waals surface area contributed by atoms with Crippen molar-refractivity contribution in [2.24, 2.45) is 0 Å². The van der Waals surface area contributed by atoms with Gasteiger partial charge < -0.3 is 19.5 Å². The highest BCUT2D eigenvalue weighted by molar-refractivity contribution is 5.80. The molecule has 0 aliphatic carbocycles. The van der Waals surface area contributed by atoms with E-state index < -0.39 is 5.54 Å². The Kier molecular flexibility index (Phi) is 8.12. The maximum Gasteiger partial charge on any atom is 0.328 e. The second-order valence-corrected chi connectivity index (χ2v) is 4.08. The summed E-state index contributed by atoms with van der Waals surface area (Å²) in [6, 6.07) is 0. The molecule has 0 aromatic heterocycles.